The standard InChI is InChI=1S/C18H14FN3O4/c1-26-18(25)15-16(23)13-12(14(22-15)17(20)24)7-10(8-21-13)6-9-2-4-11(19)5-3-9/h2-5,7-8,23H,6H2,1H3,(H2,20,24). The van der Waals surface area contributed by atoms with Crippen LogP contribution in [0.1, 0.15) is 32.1 Å². The van der Waals surface area contributed by atoms with Gasteiger partial charge in [-0.05, 0) is 35.7 Å². The van der Waals surface area contributed by atoms with E-state index in [9.17, 15) is 19.1 Å². The molecule has 0 saturated carbocycles. The third-order valence-corrected chi connectivity index (χ3v) is 3.81. The van der Waals surface area contributed by atoms with Crippen LogP contribution in [0.15, 0.2) is 36.5 Å². The number of pyridine rings is 2. The van der Waals surface area contributed by atoms with Gasteiger partial charge in [-0.3, -0.25) is 9.78 Å². The molecule has 0 radical (unpaired) electrons. The van der Waals surface area contributed by atoms with E-state index in [2.05, 4.69) is 14.7 Å². The highest BCUT2D eigenvalue weighted by atomic mass is 19.1. The van der Waals surface area contributed by atoms with Crippen LogP contribution >= 0.6 is 0 Å². The molecule has 1 amide bonds. The molecule has 0 saturated heterocycles. The molecule has 2 heterocycles. The summed E-state index contributed by atoms with van der Waals surface area (Å²) in [6.45, 7) is 0. The van der Waals surface area contributed by atoms with Crippen LogP contribution in [0, 0.1) is 5.82 Å². The zero-order valence-corrected chi connectivity index (χ0v) is 13.7. The second kappa shape index (κ2) is 6.75. The first-order chi connectivity index (χ1) is 12.4. The van der Waals surface area contributed by atoms with Crippen molar-refractivity contribution in [3.63, 3.8) is 0 Å². The molecule has 3 rings (SSSR count). The average Bonchev–Trinajstić information content (AvgIpc) is 2.63. The maximum atomic E-state index is 13.0. The molecule has 0 atom stereocenters. The number of aromatic hydroxyl groups is 1. The number of methoxy groups -OCH3 is 1. The molecule has 0 unspecified atom stereocenters. The number of benzene rings is 1. The molecule has 132 valence electrons. The van der Waals surface area contributed by atoms with Gasteiger partial charge in [0.2, 0.25) is 0 Å². The number of nitrogens with zero attached hydrogens (tertiary/aromatic N) is 2. The van der Waals surface area contributed by atoms with Gasteiger partial charge in [-0.1, -0.05) is 12.1 Å². The summed E-state index contributed by atoms with van der Waals surface area (Å²) in [5, 5.41) is 10.5. The number of amides is 1. The lowest BCUT2D eigenvalue weighted by Crippen LogP contribution is -2.17. The number of rotatable bonds is 4. The summed E-state index contributed by atoms with van der Waals surface area (Å²) in [6.07, 6.45) is 1.90. The first kappa shape index (κ1) is 17.3. The van der Waals surface area contributed by atoms with Crippen LogP contribution in [-0.2, 0) is 11.2 Å². The van der Waals surface area contributed by atoms with E-state index in [4.69, 9.17) is 5.73 Å². The predicted molar refractivity (Wildman–Crippen MR) is 90.3 cm³/mol. The molecule has 0 aliphatic carbocycles. The molecule has 0 spiro atoms. The first-order valence-electron chi connectivity index (χ1n) is 7.55. The number of carbonyl (C=O) groups excluding carboxylic acids is 2. The number of fused-ring (bicyclic) bond motifs is 1. The van der Waals surface area contributed by atoms with Crippen LogP contribution < -0.4 is 5.73 Å². The highest BCUT2D eigenvalue weighted by Gasteiger charge is 2.23. The lowest BCUT2D eigenvalue weighted by Gasteiger charge is -2.10. The van der Waals surface area contributed by atoms with Crippen molar-refractivity contribution in [2.24, 2.45) is 5.73 Å². The van der Waals surface area contributed by atoms with Crippen LogP contribution in [-0.4, -0.2) is 34.1 Å². The summed E-state index contributed by atoms with van der Waals surface area (Å²) in [6, 6.07) is 7.54. The van der Waals surface area contributed by atoms with E-state index >= 15 is 0 Å². The van der Waals surface area contributed by atoms with E-state index in [0.717, 1.165) is 12.7 Å². The summed E-state index contributed by atoms with van der Waals surface area (Å²) in [5.74, 6) is -2.62. The summed E-state index contributed by atoms with van der Waals surface area (Å²) in [7, 11) is 1.12. The topological polar surface area (TPSA) is 115 Å². The smallest absolute Gasteiger partial charge is 0.360 e. The molecule has 0 bridgehead atoms. The van der Waals surface area contributed by atoms with Crippen LogP contribution in [0.3, 0.4) is 0 Å². The lowest BCUT2D eigenvalue weighted by molar-refractivity contribution is 0.0590. The van der Waals surface area contributed by atoms with Crippen molar-refractivity contribution in [2.45, 2.75) is 6.42 Å². The third-order valence-electron chi connectivity index (χ3n) is 3.81. The Labute approximate surface area is 147 Å². The van der Waals surface area contributed by atoms with Crippen molar-refractivity contribution >= 4 is 22.8 Å². The van der Waals surface area contributed by atoms with Crippen molar-refractivity contribution in [3.8, 4) is 5.75 Å². The molecule has 7 nitrogen and oxygen atoms in total. The maximum Gasteiger partial charge on any atom is 0.360 e. The largest absolute Gasteiger partial charge is 0.504 e. The number of primary amides is 1. The number of carbonyl (C=O) groups is 2. The summed E-state index contributed by atoms with van der Waals surface area (Å²) in [4.78, 5) is 31.5. The van der Waals surface area contributed by atoms with Gasteiger partial charge < -0.3 is 15.6 Å². The lowest BCUT2D eigenvalue weighted by atomic mass is 10.0. The Bertz CT molecular complexity index is 1020. The molecular weight excluding hydrogens is 341 g/mol. The minimum absolute atomic E-state index is 0.0112. The molecule has 26 heavy (non-hydrogen) atoms. The highest BCUT2D eigenvalue weighted by Crippen LogP contribution is 2.29. The fourth-order valence-corrected chi connectivity index (χ4v) is 2.58. The number of nitrogens with two attached hydrogens (primary N) is 1. The first-order valence-corrected chi connectivity index (χ1v) is 7.55. The number of hydrogen-bond donors (Lipinski definition) is 2. The van der Waals surface area contributed by atoms with Gasteiger partial charge in [0.25, 0.3) is 5.91 Å². The van der Waals surface area contributed by atoms with E-state index in [-0.39, 0.29) is 22.4 Å². The molecule has 0 aliphatic heterocycles. The molecular formula is C18H14FN3O4. The highest BCUT2D eigenvalue weighted by molar-refractivity contribution is 6.08. The van der Waals surface area contributed by atoms with Gasteiger partial charge >= 0.3 is 5.97 Å². The Hall–Kier alpha value is -3.55. The molecule has 3 N–H and O–H groups in total. The van der Waals surface area contributed by atoms with Gasteiger partial charge in [-0.2, -0.15) is 0 Å². The maximum absolute atomic E-state index is 13.0. The van der Waals surface area contributed by atoms with Crippen LogP contribution in [0.25, 0.3) is 10.9 Å². The molecule has 2 aromatic heterocycles. The van der Waals surface area contributed by atoms with Crippen molar-refractivity contribution in [1.82, 2.24) is 9.97 Å². The summed E-state index contributed by atoms with van der Waals surface area (Å²) in [5.41, 5.74) is 6.25. The van der Waals surface area contributed by atoms with E-state index in [1.165, 1.54) is 18.3 Å². The monoisotopic (exact) mass is 355 g/mol. The zero-order valence-electron chi connectivity index (χ0n) is 13.7. The van der Waals surface area contributed by atoms with Crippen LogP contribution in [0.4, 0.5) is 4.39 Å². The molecule has 1 aromatic carbocycles. The Morgan fingerprint density at radius 3 is 2.50 bits per heavy atom. The minimum atomic E-state index is -0.913. The van der Waals surface area contributed by atoms with Crippen LogP contribution in [0.5, 0.6) is 5.75 Å². The normalized spacial score (nSPS) is 10.7. The average molecular weight is 355 g/mol. The summed E-state index contributed by atoms with van der Waals surface area (Å²) >= 11 is 0. The van der Waals surface area contributed by atoms with E-state index in [0.29, 0.717) is 12.0 Å². The van der Waals surface area contributed by atoms with Gasteiger partial charge in [-0.25, -0.2) is 14.2 Å². The number of aromatic nitrogens is 2. The van der Waals surface area contributed by atoms with Crippen LogP contribution in [0.2, 0.25) is 0 Å². The molecule has 0 fully saturated rings. The second-order valence-electron chi connectivity index (χ2n) is 5.56. The van der Waals surface area contributed by atoms with Gasteiger partial charge in [0.05, 0.1) is 7.11 Å². The number of hydrogen-bond acceptors (Lipinski definition) is 6. The summed E-state index contributed by atoms with van der Waals surface area (Å²) < 4.78 is 17.6. The number of ether oxygens (including phenoxy) is 1. The Balaban J connectivity index is 2.13. The van der Waals surface area contributed by atoms with E-state index in [1.807, 2.05) is 0 Å². The number of esters is 1. The van der Waals surface area contributed by atoms with Crippen molar-refractivity contribution in [1.29, 1.82) is 0 Å². The quantitative estimate of drug-likeness (QED) is 0.691. The zero-order chi connectivity index (χ0) is 18.8. The van der Waals surface area contributed by atoms with Crippen molar-refractivity contribution < 1.29 is 23.8 Å². The van der Waals surface area contributed by atoms with Gasteiger partial charge in [0.1, 0.15) is 17.0 Å². The Kier molecular flexibility index (Phi) is 4.49. The second-order valence-corrected chi connectivity index (χ2v) is 5.56. The Morgan fingerprint density at radius 1 is 1.19 bits per heavy atom. The minimum Gasteiger partial charge on any atom is -0.504 e. The van der Waals surface area contributed by atoms with Crippen molar-refractivity contribution in [3.05, 3.63) is 64.9 Å². The number of halogens is 1. The fourth-order valence-electron chi connectivity index (χ4n) is 2.58. The molecule has 0 aliphatic rings. The third kappa shape index (κ3) is 3.16. The SMILES string of the molecule is COC(=O)c1nc(C(N)=O)c2cc(Cc3ccc(F)cc3)cnc2c1O. The van der Waals surface area contributed by atoms with E-state index in [1.54, 1.807) is 18.2 Å². The van der Waals surface area contributed by atoms with Crippen molar-refractivity contribution in [2.75, 3.05) is 7.11 Å². The predicted octanol–water partition coefficient (Wildman–Crippen LogP) is 1.95. The Morgan fingerprint density at radius 2 is 1.88 bits per heavy atom. The molecule has 3 aromatic rings. The van der Waals surface area contributed by atoms with Gasteiger partial charge in [0.15, 0.2) is 11.4 Å². The fraction of sp³-hybridized carbons (Fsp3) is 0.111. The van der Waals surface area contributed by atoms with Gasteiger partial charge in [0, 0.05) is 11.6 Å². The van der Waals surface area contributed by atoms with E-state index < -0.39 is 23.3 Å². The van der Waals surface area contributed by atoms with Gasteiger partial charge in [-0.15, -0.1) is 0 Å². The molecule has 8 heteroatoms.